The first-order chi connectivity index (χ1) is 13.6. The largest absolute Gasteiger partial charge is 0.449 e. The van der Waals surface area contributed by atoms with Gasteiger partial charge >= 0.3 is 6.18 Å². The summed E-state index contributed by atoms with van der Waals surface area (Å²) in [6, 6.07) is 5.73. The van der Waals surface area contributed by atoms with Crippen LogP contribution in [-0.4, -0.2) is 52.0 Å². The molecule has 154 valence electrons. The number of rotatable bonds is 6. The molecule has 0 aliphatic rings. The molecule has 0 fully saturated rings. The quantitative estimate of drug-likeness (QED) is 0.575. The van der Waals surface area contributed by atoms with Gasteiger partial charge in [-0.1, -0.05) is 5.16 Å². The summed E-state index contributed by atoms with van der Waals surface area (Å²) in [7, 11) is 1.57. The Morgan fingerprint density at radius 3 is 2.48 bits per heavy atom. The van der Waals surface area contributed by atoms with E-state index in [1.165, 1.54) is 23.1 Å². The first-order valence-corrected chi connectivity index (χ1v) is 8.38. The molecule has 0 atom stereocenters. The van der Waals surface area contributed by atoms with Gasteiger partial charge in [-0.2, -0.15) is 13.2 Å². The van der Waals surface area contributed by atoms with Crippen molar-refractivity contribution in [1.29, 1.82) is 0 Å². The van der Waals surface area contributed by atoms with Crippen LogP contribution in [0.5, 0.6) is 0 Å². The number of nitrogens with one attached hydrogen (secondary N) is 3. The number of anilines is 2. The topological polar surface area (TPSA) is 116 Å². The monoisotopic (exact) mass is 410 g/mol. The molecule has 9 nitrogen and oxygen atoms in total. The predicted molar refractivity (Wildman–Crippen MR) is 97.1 cm³/mol. The van der Waals surface area contributed by atoms with Crippen molar-refractivity contribution in [3.8, 4) is 0 Å². The predicted octanol–water partition coefficient (Wildman–Crippen LogP) is 2.39. The number of amides is 2. The van der Waals surface area contributed by atoms with E-state index in [9.17, 15) is 22.8 Å². The SMILES string of the molecule is Cc1cc(NC(=O)CN(C)CC(=O)Nc2ccc3nc(C(F)(F)F)[nH]c3c2)no1. The number of benzene rings is 1. The number of carbonyl (C=O) groups excluding carboxylic acids is 2. The summed E-state index contributed by atoms with van der Waals surface area (Å²) in [5.41, 5.74) is 0.578. The third-order valence-corrected chi connectivity index (χ3v) is 3.76. The zero-order chi connectivity index (χ0) is 21.2. The molecular formula is C17H17F3N6O3. The molecule has 0 saturated carbocycles. The van der Waals surface area contributed by atoms with Crippen LogP contribution in [0.2, 0.25) is 0 Å². The molecule has 0 bridgehead atoms. The molecule has 29 heavy (non-hydrogen) atoms. The van der Waals surface area contributed by atoms with E-state index in [4.69, 9.17) is 4.52 Å². The van der Waals surface area contributed by atoms with Gasteiger partial charge in [0.15, 0.2) is 5.82 Å². The van der Waals surface area contributed by atoms with E-state index in [1.807, 2.05) is 0 Å². The average Bonchev–Trinajstić information content (AvgIpc) is 3.19. The Morgan fingerprint density at radius 1 is 1.17 bits per heavy atom. The highest BCUT2D eigenvalue weighted by Crippen LogP contribution is 2.29. The molecule has 2 aromatic heterocycles. The molecule has 0 aliphatic heterocycles. The second-order valence-electron chi connectivity index (χ2n) is 6.41. The Labute approximate surface area is 162 Å². The maximum atomic E-state index is 12.7. The summed E-state index contributed by atoms with van der Waals surface area (Å²) in [5, 5.41) is 8.74. The number of aromatic amines is 1. The van der Waals surface area contributed by atoms with Crippen molar-refractivity contribution in [1.82, 2.24) is 20.0 Å². The molecule has 12 heteroatoms. The molecular weight excluding hydrogens is 393 g/mol. The lowest BCUT2D eigenvalue weighted by Crippen LogP contribution is -2.36. The van der Waals surface area contributed by atoms with E-state index in [1.54, 1.807) is 20.0 Å². The standard InChI is InChI=1S/C17H17F3N6O3/c1-9-5-13(25-29-9)24-15(28)8-26(2)7-14(27)21-10-3-4-11-12(6-10)23-16(22-11)17(18,19)20/h3-6H,7-8H2,1-2H3,(H,21,27)(H,22,23)(H,24,25,28). The van der Waals surface area contributed by atoms with Gasteiger partial charge in [-0.25, -0.2) is 4.98 Å². The number of aromatic nitrogens is 3. The number of halogens is 3. The zero-order valence-corrected chi connectivity index (χ0v) is 15.4. The molecule has 0 aliphatic carbocycles. The minimum atomic E-state index is -4.59. The minimum Gasteiger partial charge on any atom is -0.360 e. The molecule has 3 rings (SSSR count). The summed E-state index contributed by atoms with van der Waals surface area (Å²) in [4.78, 5) is 31.2. The molecule has 3 N–H and O–H groups in total. The van der Waals surface area contributed by atoms with Crippen LogP contribution in [0.3, 0.4) is 0 Å². The highest BCUT2D eigenvalue weighted by molar-refractivity contribution is 5.95. The third-order valence-electron chi connectivity index (χ3n) is 3.76. The lowest BCUT2D eigenvalue weighted by Gasteiger charge is -2.15. The van der Waals surface area contributed by atoms with Gasteiger partial charge < -0.3 is 20.1 Å². The number of aryl methyl sites for hydroxylation is 1. The van der Waals surface area contributed by atoms with E-state index in [0.29, 0.717) is 11.4 Å². The Balaban J connectivity index is 1.54. The Bertz CT molecular complexity index is 1040. The van der Waals surface area contributed by atoms with Gasteiger partial charge in [0.25, 0.3) is 0 Å². The molecule has 0 saturated heterocycles. The molecule has 0 spiro atoms. The average molecular weight is 410 g/mol. The van der Waals surface area contributed by atoms with E-state index >= 15 is 0 Å². The highest BCUT2D eigenvalue weighted by atomic mass is 19.4. The number of likely N-dealkylation sites (N-methyl/N-ethyl adjacent to an activating group) is 1. The van der Waals surface area contributed by atoms with Crippen molar-refractivity contribution in [2.24, 2.45) is 0 Å². The highest BCUT2D eigenvalue weighted by Gasteiger charge is 2.34. The molecule has 2 amide bonds. The van der Waals surface area contributed by atoms with Crippen LogP contribution in [0.25, 0.3) is 11.0 Å². The molecule has 1 aromatic carbocycles. The number of carbonyl (C=O) groups is 2. The van der Waals surface area contributed by atoms with Crippen molar-refractivity contribution in [3.05, 3.63) is 35.9 Å². The maximum absolute atomic E-state index is 12.7. The fraction of sp³-hybridized carbons (Fsp3) is 0.294. The first-order valence-electron chi connectivity index (χ1n) is 8.38. The van der Waals surface area contributed by atoms with Gasteiger partial charge in [0.2, 0.25) is 17.6 Å². The van der Waals surface area contributed by atoms with Crippen LogP contribution in [0.15, 0.2) is 28.8 Å². The second-order valence-corrected chi connectivity index (χ2v) is 6.41. The maximum Gasteiger partial charge on any atom is 0.449 e. The van der Waals surface area contributed by atoms with E-state index in [0.717, 1.165) is 0 Å². The zero-order valence-electron chi connectivity index (χ0n) is 15.4. The molecule has 2 heterocycles. The minimum absolute atomic E-state index is 0.0755. The van der Waals surface area contributed by atoms with Crippen molar-refractivity contribution in [2.75, 3.05) is 30.8 Å². The number of nitrogens with zero attached hydrogens (tertiary/aromatic N) is 3. The lowest BCUT2D eigenvalue weighted by atomic mass is 10.2. The fourth-order valence-corrected chi connectivity index (χ4v) is 2.58. The van der Waals surface area contributed by atoms with E-state index in [-0.39, 0.29) is 35.8 Å². The fourth-order valence-electron chi connectivity index (χ4n) is 2.58. The van der Waals surface area contributed by atoms with Crippen LogP contribution in [0.1, 0.15) is 11.6 Å². The lowest BCUT2D eigenvalue weighted by molar-refractivity contribution is -0.144. The summed E-state index contributed by atoms with van der Waals surface area (Å²) >= 11 is 0. The van der Waals surface area contributed by atoms with Gasteiger partial charge in [0.1, 0.15) is 5.76 Å². The van der Waals surface area contributed by atoms with Gasteiger partial charge in [-0.3, -0.25) is 14.5 Å². The number of imidazole rings is 1. The number of hydrogen-bond acceptors (Lipinski definition) is 6. The summed E-state index contributed by atoms with van der Waals surface area (Å²) in [6.45, 7) is 1.50. The van der Waals surface area contributed by atoms with Crippen molar-refractivity contribution in [3.63, 3.8) is 0 Å². The van der Waals surface area contributed by atoms with Crippen LogP contribution in [0, 0.1) is 6.92 Å². The van der Waals surface area contributed by atoms with Gasteiger partial charge in [0, 0.05) is 11.8 Å². The van der Waals surface area contributed by atoms with Crippen molar-refractivity contribution in [2.45, 2.75) is 13.1 Å². The smallest absolute Gasteiger partial charge is 0.360 e. The van der Waals surface area contributed by atoms with Crippen molar-refractivity contribution >= 4 is 34.4 Å². The Kier molecular flexibility index (Phi) is 5.55. The number of alkyl halides is 3. The van der Waals surface area contributed by atoms with Crippen LogP contribution >= 0.6 is 0 Å². The summed E-state index contributed by atoms with van der Waals surface area (Å²) in [6.07, 6.45) is -4.59. The van der Waals surface area contributed by atoms with E-state index in [2.05, 4.69) is 25.8 Å². The van der Waals surface area contributed by atoms with Gasteiger partial charge in [-0.15, -0.1) is 0 Å². The summed E-state index contributed by atoms with van der Waals surface area (Å²) < 4.78 is 43.0. The number of H-pyrrole nitrogens is 1. The number of hydrogen-bond donors (Lipinski definition) is 3. The van der Waals surface area contributed by atoms with Crippen LogP contribution < -0.4 is 10.6 Å². The normalized spacial score (nSPS) is 11.8. The Hall–Kier alpha value is -3.41. The summed E-state index contributed by atoms with van der Waals surface area (Å²) in [5.74, 6) is -1.11. The van der Waals surface area contributed by atoms with Gasteiger partial charge in [-0.05, 0) is 32.2 Å². The first kappa shape index (κ1) is 20.3. The molecule has 3 aromatic rings. The molecule has 0 unspecified atom stereocenters. The second kappa shape index (κ2) is 7.91. The van der Waals surface area contributed by atoms with Crippen LogP contribution in [-0.2, 0) is 15.8 Å². The van der Waals surface area contributed by atoms with Gasteiger partial charge in [0.05, 0.1) is 24.1 Å². The third kappa shape index (κ3) is 5.31. The molecule has 0 radical (unpaired) electrons. The van der Waals surface area contributed by atoms with E-state index < -0.39 is 17.9 Å². The number of fused-ring (bicyclic) bond motifs is 1. The Morgan fingerprint density at radius 2 is 1.86 bits per heavy atom. The van der Waals surface area contributed by atoms with Crippen LogP contribution in [0.4, 0.5) is 24.7 Å². The van der Waals surface area contributed by atoms with Crippen molar-refractivity contribution < 1.29 is 27.3 Å².